The molecule has 2 aromatic heterocycles. The second-order valence-corrected chi connectivity index (χ2v) is 5.46. The van der Waals surface area contributed by atoms with Crippen molar-refractivity contribution in [2.75, 3.05) is 0 Å². The molecular weight excluding hydrogens is 381 g/mol. The molecule has 0 aliphatic heterocycles. The summed E-state index contributed by atoms with van der Waals surface area (Å²) >= 11 is 3.28. The van der Waals surface area contributed by atoms with Crippen LogP contribution >= 0.6 is 15.9 Å². The number of aromatic nitrogens is 2. The first-order chi connectivity index (χ1) is 10.7. The van der Waals surface area contributed by atoms with Crippen LogP contribution in [0.1, 0.15) is 5.89 Å². The number of fused-ring (bicyclic) bond motifs is 1. The van der Waals surface area contributed by atoms with Crippen molar-refractivity contribution < 1.29 is 22.3 Å². The highest BCUT2D eigenvalue weighted by molar-refractivity contribution is 9.10. The Kier molecular flexibility index (Phi) is 3.67. The Labute approximate surface area is 135 Å². The molecule has 0 saturated heterocycles. The van der Waals surface area contributed by atoms with Crippen LogP contribution in [0, 0.1) is 6.92 Å². The average molecular weight is 389 g/mol. The van der Waals surface area contributed by atoms with Gasteiger partial charge in [-0.2, -0.15) is 0 Å². The Bertz CT molecular complexity index is 929. The van der Waals surface area contributed by atoms with Gasteiger partial charge in [-0.05, 0) is 40.2 Å². The molecule has 0 radical (unpaired) electrons. The molecule has 120 valence electrons. The van der Waals surface area contributed by atoms with Crippen molar-refractivity contribution >= 4 is 27.0 Å². The lowest BCUT2D eigenvalue weighted by Crippen LogP contribution is -2.19. The van der Waals surface area contributed by atoms with Crippen LogP contribution in [0.25, 0.3) is 16.8 Å². The molecular formula is C14H8BrF3N2O3. The van der Waals surface area contributed by atoms with Gasteiger partial charge in [0.25, 0.3) is 5.56 Å². The summed E-state index contributed by atoms with van der Waals surface area (Å²) in [5.74, 6) is -0.0313. The molecule has 0 fully saturated rings. The number of oxazole rings is 1. The molecule has 0 N–H and O–H groups in total. The fourth-order valence-electron chi connectivity index (χ4n) is 2.08. The molecule has 0 amide bonds. The van der Waals surface area contributed by atoms with Crippen LogP contribution in [0.4, 0.5) is 13.2 Å². The highest BCUT2D eigenvalue weighted by Crippen LogP contribution is 2.25. The van der Waals surface area contributed by atoms with E-state index >= 15 is 0 Å². The fraction of sp³-hybridized carbons (Fsp3) is 0.143. The summed E-state index contributed by atoms with van der Waals surface area (Å²) in [6, 6.07) is 4.93. The second-order valence-electron chi connectivity index (χ2n) is 4.60. The Morgan fingerprint density at radius 3 is 2.52 bits per heavy atom. The number of pyridine rings is 1. The van der Waals surface area contributed by atoms with Crippen LogP contribution in [0.3, 0.4) is 0 Å². The summed E-state index contributed by atoms with van der Waals surface area (Å²) in [6.07, 6.45) is -3.30. The van der Waals surface area contributed by atoms with Crippen molar-refractivity contribution in [3.63, 3.8) is 0 Å². The van der Waals surface area contributed by atoms with Gasteiger partial charge >= 0.3 is 6.36 Å². The molecule has 0 atom stereocenters. The quantitative estimate of drug-likeness (QED) is 0.666. The third-order valence-corrected chi connectivity index (χ3v) is 3.53. The van der Waals surface area contributed by atoms with Crippen LogP contribution < -0.4 is 10.3 Å². The molecule has 5 nitrogen and oxygen atoms in total. The number of benzene rings is 1. The minimum atomic E-state index is -4.77. The summed E-state index contributed by atoms with van der Waals surface area (Å²) in [5.41, 5.74) is 0.380. The molecule has 0 unspecified atom stereocenters. The van der Waals surface area contributed by atoms with Crippen LogP contribution in [-0.2, 0) is 0 Å². The van der Waals surface area contributed by atoms with E-state index < -0.39 is 11.9 Å². The minimum Gasteiger partial charge on any atom is -0.440 e. The Balaban J connectivity index is 2.07. The lowest BCUT2D eigenvalue weighted by molar-refractivity contribution is -0.274. The molecule has 0 saturated carbocycles. The van der Waals surface area contributed by atoms with Crippen LogP contribution in [0.15, 0.2) is 44.1 Å². The largest absolute Gasteiger partial charge is 0.573 e. The maximum Gasteiger partial charge on any atom is 0.573 e. The van der Waals surface area contributed by atoms with Crippen molar-refractivity contribution in [1.29, 1.82) is 0 Å². The monoisotopic (exact) mass is 388 g/mol. The Morgan fingerprint density at radius 2 is 1.91 bits per heavy atom. The van der Waals surface area contributed by atoms with E-state index in [-0.39, 0.29) is 11.3 Å². The van der Waals surface area contributed by atoms with Gasteiger partial charge < -0.3 is 9.15 Å². The van der Waals surface area contributed by atoms with E-state index in [1.165, 1.54) is 22.9 Å². The van der Waals surface area contributed by atoms with E-state index in [1.807, 2.05) is 0 Å². The number of nitrogens with zero attached hydrogens (tertiary/aromatic N) is 2. The Hall–Kier alpha value is -2.29. The molecule has 0 aliphatic carbocycles. The van der Waals surface area contributed by atoms with Gasteiger partial charge in [0.05, 0.1) is 4.47 Å². The van der Waals surface area contributed by atoms with Gasteiger partial charge in [-0.25, -0.2) is 4.98 Å². The third-order valence-electron chi connectivity index (χ3n) is 2.96. The van der Waals surface area contributed by atoms with Gasteiger partial charge in [-0.15, -0.1) is 13.2 Å². The van der Waals surface area contributed by atoms with E-state index in [0.29, 0.717) is 21.6 Å². The van der Waals surface area contributed by atoms with Crippen LogP contribution in [0.5, 0.6) is 5.75 Å². The van der Waals surface area contributed by atoms with Crippen molar-refractivity contribution in [1.82, 2.24) is 9.55 Å². The molecule has 3 aromatic rings. The first-order valence-corrected chi connectivity index (χ1v) is 7.08. The van der Waals surface area contributed by atoms with Gasteiger partial charge in [0, 0.05) is 18.8 Å². The minimum absolute atomic E-state index is 0.132. The van der Waals surface area contributed by atoms with E-state index in [2.05, 4.69) is 25.7 Å². The standard InChI is InChI=1S/C14H8BrF3N2O3/c1-7-19-11-12(22-7)10(15)6-20(13(11)21)8-2-4-9(5-3-8)23-14(16,17)18/h2-6H,1H3. The van der Waals surface area contributed by atoms with E-state index in [0.717, 1.165) is 12.1 Å². The summed E-state index contributed by atoms with van der Waals surface area (Å²) in [6.45, 7) is 1.61. The lowest BCUT2D eigenvalue weighted by Gasteiger charge is -2.10. The fourth-order valence-corrected chi connectivity index (χ4v) is 2.55. The zero-order valence-electron chi connectivity index (χ0n) is 11.5. The Morgan fingerprint density at radius 1 is 1.26 bits per heavy atom. The van der Waals surface area contributed by atoms with Gasteiger partial charge in [0.1, 0.15) is 5.75 Å². The SMILES string of the molecule is Cc1nc2c(=O)n(-c3ccc(OC(F)(F)F)cc3)cc(Br)c2o1. The maximum atomic E-state index is 12.4. The number of halogens is 4. The van der Waals surface area contributed by atoms with Crippen LogP contribution in [0.2, 0.25) is 0 Å². The van der Waals surface area contributed by atoms with Crippen molar-refractivity contribution in [2.24, 2.45) is 0 Å². The summed E-state index contributed by atoms with van der Waals surface area (Å²) in [4.78, 5) is 16.4. The number of aryl methyl sites for hydroxylation is 1. The topological polar surface area (TPSA) is 57.3 Å². The molecule has 0 bridgehead atoms. The summed E-state index contributed by atoms with van der Waals surface area (Å²) in [7, 11) is 0. The van der Waals surface area contributed by atoms with Crippen molar-refractivity contribution in [3.05, 3.63) is 51.2 Å². The first-order valence-electron chi connectivity index (χ1n) is 6.29. The van der Waals surface area contributed by atoms with Gasteiger partial charge in [0.15, 0.2) is 17.0 Å². The smallest absolute Gasteiger partial charge is 0.440 e. The van der Waals surface area contributed by atoms with Gasteiger partial charge in [-0.1, -0.05) is 0 Å². The molecule has 0 spiro atoms. The van der Waals surface area contributed by atoms with Gasteiger partial charge in [-0.3, -0.25) is 9.36 Å². The van der Waals surface area contributed by atoms with Crippen LogP contribution in [-0.4, -0.2) is 15.9 Å². The molecule has 2 heterocycles. The van der Waals surface area contributed by atoms with Gasteiger partial charge in [0.2, 0.25) is 0 Å². The van der Waals surface area contributed by atoms with E-state index in [1.54, 1.807) is 6.92 Å². The molecule has 0 aliphatic rings. The normalized spacial score (nSPS) is 11.9. The van der Waals surface area contributed by atoms with E-state index in [9.17, 15) is 18.0 Å². The second kappa shape index (κ2) is 5.41. The van der Waals surface area contributed by atoms with Crippen molar-refractivity contribution in [3.8, 4) is 11.4 Å². The predicted molar refractivity (Wildman–Crippen MR) is 78.7 cm³/mol. The van der Waals surface area contributed by atoms with Crippen molar-refractivity contribution in [2.45, 2.75) is 13.3 Å². The summed E-state index contributed by atoms with van der Waals surface area (Å²) in [5, 5.41) is 0. The highest BCUT2D eigenvalue weighted by atomic mass is 79.9. The zero-order chi connectivity index (χ0) is 16.8. The number of hydrogen-bond donors (Lipinski definition) is 0. The highest BCUT2D eigenvalue weighted by Gasteiger charge is 2.31. The van der Waals surface area contributed by atoms with E-state index in [4.69, 9.17) is 4.42 Å². The maximum absolute atomic E-state index is 12.4. The molecule has 23 heavy (non-hydrogen) atoms. The third kappa shape index (κ3) is 3.09. The number of hydrogen-bond acceptors (Lipinski definition) is 4. The molecule has 3 rings (SSSR count). The first kappa shape index (κ1) is 15.6. The number of rotatable bonds is 2. The predicted octanol–water partition coefficient (Wildman–Crippen LogP) is 3.95. The summed E-state index contributed by atoms with van der Waals surface area (Å²) < 4.78 is 47.4. The lowest BCUT2D eigenvalue weighted by atomic mass is 10.3. The number of alkyl halides is 3. The average Bonchev–Trinajstić information content (AvgIpc) is 2.85. The molecule has 1 aromatic carbocycles. The zero-order valence-corrected chi connectivity index (χ0v) is 13.1. The molecule has 9 heteroatoms. The number of ether oxygens (including phenoxy) is 1.